The summed E-state index contributed by atoms with van der Waals surface area (Å²) in [5.41, 5.74) is 0.915. The third-order valence-electron chi connectivity index (χ3n) is 3.66. The number of likely N-dealkylation sites (N-methyl/N-ethyl adjacent to an activating group) is 2. The van der Waals surface area contributed by atoms with E-state index in [2.05, 4.69) is 27.8 Å². The summed E-state index contributed by atoms with van der Waals surface area (Å²) >= 11 is 0. The van der Waals surface area contributed by atoms with Crippen molar-refractivity contribution in [3.63, 3.8) is 0 Å². The van der Waals surface area contributed by atoms with Crippen LogP contribution in [0.2, 0.25) is 0 Å². The number of nitrogens with zero attached hydrogens (tertiary/aromatic N) is 3. The number of hydrogen-bond donors (Lipinski definition) is 2. The molecule has 1 aromatic carbocycles. The number of carbonyl (C=O) groups excluding carboxylic acids is 2. The van der Waals surface area contributed by atoms with E-state index in [1.54, 1.807) is 26.0 Å². The van der Waals surface area contributed by atoms with Gasteiger partial charge in [-0.1, -0.05) is 30.3 Å². The number of hydrogen-bond acceptors (Lipinski definition) is 3. The zero-order chi connectivity index (χ0) is 20.4. The van der Waals surface area contributed by atoms with Crippen molar-refractivity contribution in [2.45, 2.75) is 32.7 Å². The molecule has 0 radical (unpaired) electrons. The average Bonchev–Trinajstić information content (AvgIpc) is 2.56. The smallest absolute Gasteiger partial charge is 0.243 e. The molecule has 0 aliphatic carbocycles. The van der Waals surface area contributed by atoms with Crippen LogP contribution in [0.5, 0.6) is 0 Å². The summed E-state index contributed by atoms with van der Waals surface area (Å²) in [5, 5.41) is 6.19. The predicted octanol–water partition coefficient (Wildman–Crippen LogP) is 1.11. The minimum absolute atomic E-state index is 0.0336. The molecule has 2 N–H and O–H groups in total. The molecular formula is C20H33N5O2. The van der Waals surface area contributed by atoms with Gasteiger partial charge in [-0.05, 0) is 32.8 Å². The molecule has 1 rings (SSSR count). The molecule has 0 atom stereocenters. The lowest BCUT2D eigenvalue weighted by Crippen LogP contribution is -2.49. The molecule has 0 heterocycles. The molecular weight excluding hydrogens is 342 g/mol. The Morgan fingerprint density at radius 1 is 1.07 bits per heavy atom. The topological polar surface area (TPSA) is 77.0 Å². The lowest BCUT2D eigenvalue weighted by Gasteiger charge is -2.25. The molecule has 27 heavy (non-hydrogen) atoms. The van der Waals surface area contributed by atoms with Crippen LogP contribution in [0.3, 0.4) is 0 Å². The normalized spacial score (nSPS) is 11.7. The van der Waals surface area contributed by atoms with Crippen molar-refractivity contribution in [1.29, 1.82) is 0 Å². The first-order chi connectivity index (χ1) is 12.6. The van der Waals surface area contributed by atoms with Gasteiger partial charge < -0.3 is 20.4 Å². The lowest BCUT2D eigenvalue weighted by atomic mass is 10.1. The van der Waals surface area contributed by atoms with Crippen LogP contribution < -0.4 is 10.6 Å². The van der Waals surface area contributed by atoms with Crippen molar-refractivity contribution in [2.24, 2.45) is 4.99 Å². The number of rotatable bonds is 7. The monoisotopic (exact) mass is 375 g/mol. The van der Waals surface area contributed by atoms with Crippen LogP contribution >= 0.6 is 0 Å². The van der Waals surface area contributed by atoms with Crippen molar-refractivity contribution < 1.29 is 9.59 Å². The van der Waals surface area contributed by atoms with Crippen molar-refractivity contribution in [2.75, 3.05) is 40.8 Å². The van der Waals surface area contributed by atoms with Crippen LogP contribution in [0.4, 0.5) is 0 Å². The van der Waals surface area contributed by atoms with Gasteiger partial charge >= 0.3 is 0 Å². The second-order valence-corrected chi connectivity index (χ2v) is 7.74. The van der Waals surface area contributed by atoms with Gasteiger partial charge in [-0.3, -0.25) is 9.59 Å². The molecule has 0 fully saturated rings. The molecule has 0 bridgehead atoms. The third kappa shape index (κ3) is 9.63. The summed E-state index contributed by atoms with van der Waals surface area (Å²) in [6, 6.07) is 10.1. The predicted molar refractivity (Wildman–Crippen MR) is 110 cm³/mol. The first kappa shape index (κ1) is 22.5. The SMILES string of the molecule is CN(C)C(=O)CN=C(NCCc1ccccc1)N(C)CC(=O)NC(C)(C)C. The highest BCUT2D eigenvalue weighted by atomic mass is 16.2. The maximum atomic E-state index is 12.2. The first-order valence-corrected chi connectivity index (χ1v) is 9.13. The van der Waals surface area contributed by atoms with Crippen LogP contribution in [-0.4, -0.2) is 73.9 Å². The van der Waals surface area contributed by atoms with Crippen molar-refractivity contribution >= 4 is 17.8 Å². The minimum Gasteiger partial charge on any atom is -0.356 e. The quantitative estimate of drug-likeness (QED) is 0.553. The molecule has 7 nitrogen and oxygen atoms in total. The van der Waals surface area contributed by atoms with Gasteiger partial charge in [-0.25, -0.2) is 4.99 Å². The Balaban J connectivity index is 2.72. The standard InChI is InChI=1S/C20H33N5O2/c1-20(2,3)23-17(26)15-25(6)19(22-14-18(27)24(4)5)21-13-12-16-10-8-7-9-11-16/h7-11H,12-15H2,1-6H3,(H,21,22)(H,23,26). The van der Waals surface area contributed by atoms with Gasteiger partial charge in [0.25, 0.3) is 0 Å². The van der Waals surface area contributed by atoms with Crippen LogP contribution in [0.1, 0.15) is 26.3 Å². The van der Waals surface area contributed by atoms with Gasteiger partial charge in [-0.15, -0.1) is 0 Å². The van der Waals surface area contributed by atoms with E-state index in [-0.39, 0.29) is 30.4 Å². The summed E-state index contributed by atoms with van der Waals surface area (Å²) in [4.78, 5) is 31.7. The number of guanidine groups is 1. The van der Waals surface area contributed by atoms with Crippen molar-refractivity contribution in [1.82, 2.24) is 20.4 Å². The van der Waals surface area contributed by atoms with E-state index in [4.69, 9.17) is 0 Å². The van der Waals surface area contributed by atoms with Gasteiger partial charge in [0, 0.05) is 33.2 Å². The highest BCUT2D eigenvalue weighted by Crippen LogP contribution is 2.00. The van der Waals surface area contributed by atoms with Crippen molar-refractivity contribution in [3.8, 4) is 0 Å². The lowest BCUT2D eigenvalue weighted by molar-refractivity contribution is -0.127. The van der Waals surface area contributed by atoms with E-state index in [0.29, 0.717) is 12.5 Å². The van der Waals surface area contributed by atoms with Gasteiger partial charge in [0.05, 0.1) is 6.54 Å². The van der Waals surface area contributed by atoms with Gasteiger partial charge in [0.1, 0.15) is 6.54 Å². The Morgan fingerprint density at radius 2 is 1.70 bits per heavy atom. The summed E-state index contributed by atoms with van der Waals surface area (Å²) in [6.07, 6.45) is 0.823. The highest BCUT2D eigenvalue weighted by Gasteiger charge is 2.17. The molecule has 0 aliphatic heterocycles. The Morgan fingerprint density at radius 3 is 2.26 bits per heavy atom. The Bertz CT molecular complexity index is 636. The molecule has 150 valence electrons. The zero-order valence-electron chi connectivity index (χ0n) is 17.4. The maximum Gasteiger partial charge on any atom is 0.243 e. The Labute approximate surface area is 162 Å². The Hall–Kier alpha value is -2.57. The zero-order valence-corrected chi connectivity index (χ0v) is 17.4. The number of amides is 2. The molecule has 0 aromatic heterocycles. The van der Waals surface area contributed by atoms with E-state index in [9.17, 15) is 9.59 Å². The second-order valence-electron chi connectivity index (χ2n) is 7.74. The molecule has 0 saturated carbocycles. The van der Waals surface area contributed by atoms with Gasteiger partial charge in [-0.2, -0.15) is 0 Å². The van der Waals surface area contributed by atoms with E-state index in [1.165, 1.54) is 10.5 Å². The second kappa shape index (κ2) is 10.5. The summed E-state index contributed by atoms with van der Waals surface area (Å²) in [7, 11) is 5.18. The molecule has 0 unspecified atom stereocenters. The van der Waals surface area contributed by atoms with Crippen LogP contribution in [0, 0.1) is 0 Å². The molecule has 7 heteroatoms. The summed E-state index contributed by atoms with van der Waals surface area (Å²) in [5.74, 6) is 0.344. The minimum atomic E-state index is -0.295. The third-order valence-corrected chi connectivity index (χ3v) is 3.66. The number of aliphatic imine (C=N–C) groups is 1. The van der Waals surface area contributed by atoms with E-state index >= 15 is 0 Å². The van der Waals surface area contributed by atoms with E-state index in [1.807, 2.05) is 39.0 Å². The molecule has 1 aromatic rings. The largest absolute Gasteiger partial charge is 0.356 e. The van der Waals surface area contributed by atoms with Gasteiger partial charge in [0.15, 0.2) is 5.96 Å². The van der Waals surface area contributed by atoms with E-state index in [0.717, 1.165) is 6.42 Å². The van der Waals surface area contributed by atoms with Crippen LogP contribution in [-0.2, 0) is 16.0 Å². The molecule has 2 amide bonds. The Kier molecular flexibility index (Phi) is 8.78. The molecule has 0 saturated heterocycles. The van der Waals surface area contributed by atoms with Gasteiger partial charge in [0.2, 0.25) is 11.8 Å². The fourth-order valence-corrected chi connectivity index (χ4v) is 2.31. The summed E-state index contributed by atoms with van der Waals surface area (Å²) < 4.78 is 0. The average molecular weight is 376 g/mol. The number of benzene rings is 1. The maximum absolute atomic E-state index is 12.2. The molecule has 0 aliphatic rings. The fraction of sp³-hybridized carbons (Fsp3) is 0.550. The number of carbonyl (C=O) groups is 2. The van der Waals surface area contributed by atoms with Crippen molar-refractivity contribution in [3.05, 3.63) is 35.9 Å². The van der Waals surface area contributed by atoms with Crippen LogP contribution in [0.25, 0.3) is 0 Å². The molecule has 0 spiro atoms. The number of nitrogens with one attached hydrogen (secondary N) is 2. The fourth-order valence-electron chi connectivity index (χ4n) is 2.31. The van der Waals surface area contributed by atoms with Crippen LogP contribution in [0.15, 0.2) is 35.3 Å². The summed E-state index contributed by atoms with van der Waals surface area (Å²) in [6.45, 7) is 6.66. The highest BCUT2D eigenvalue weighted by molar-refractivity contribution is 5.88. The first-order valence-electron chi connectivity index (χ1n) is 9.13. The van der Waals surface area contributed by atoms with E-state index < -0.39 is 0 Å².